The van der Waals surface area contributed by atoms with Crippen LogP contribution in [-0.2, 0) is 0 Å². The van der Waals surface area contributed by atoms with E-state index in [0.29, 0.717) is 12.0 Å². The number of para-hydroxylation sites is 1. The van der Waals surface area contributed by atoms with Crippen LogP contribution < -0.4 is 4.90 Å². The molecule has 0 spiro atoms. The Hall–Kier alpha value is -0.290. The molecule has 3 rings (SSSR count). The number of halogens is 1. The fourth-order valence-electron chi connectivity index (χ4n) is 3.74. The molecule has 0 saturated carbocycles. The summed E-state index contributed by atoms with van der Waals surface area (Å²) in [6.07, 6.45) is 4.18. The van der Waals surface area contributed by atoms with Crippen molar-refractivity contribution in [3.8, 4) is 0 Å². The van der Waals surface area contributed by atoms with Gasteiger partial charge in [0.05, 0.1) is 5.69 Å². The SMILES string of the molecule is CC(C)C1CN2CCCCC2CN1c1ccccc1I. The number of hydrogen-bond donors (Lipinski definition) is 0. The lowest BCUT2D eigenvalue weighted by Gasteiger charge is -2.51. The zero-order valence-corrected chi connectivity index (χ0v) is 14.7. The minimum absolute atomic E-state index is 0.653. The number of piperidine rings is 1. The van der Waals surface area contributed by atoms with E-state index >= 15 is 0 Å². The summed E-state index contributed by atoms with van der Waals surface area (Å²) >= 11 is 2.49. The second-order valence-corrected chi connectivity index (χ2v) is 7.72. The van der Waals surface area contributed by atoms with Gasteiger partial charge in [-0.15, -0.1) is 0 Å². The topological polar surface area (TPSA) is 6.48 Å². The van der Waals surface area contributed by atoms with Crippen LogP contribution in [0.1, 0.15) is 33.1 Å². The van der Waals surface area contributed by atoms with E-state index in [0.717, 1.165) is 6.04 Å². The van der Waals surface area contributed by atoms with E-state index in [9.17, 15) is 0 Å². The molecular weight excluding hydrogens is 359 g/mol. The predicted octanol–water partition coefficient (Wildman–Crippen LogP) is 3.99. The molecular formula is C17H25IN2. The molecule has 110 valence electrons. The van der Waals surface area contributed by atoms with Crippen molar-refractivity contribution in [1.82, 2.24) is 4.90 Å². The van der Waals surface area contributed by atoms with Crippen molar-refractivity contribution in [3.63, 3.8) is 0 Å². The van der Waals surface area contributed by atoms with E-state index in [2.05, 4.69) is 70.5 Å². The molecule has 0 aromatic heterocycles. The Morgan fingerprint density at radius 1 is 1.15 bits per heavy atom. The van der Waals surface area contributed by atoms with Gasteiger partial charge in [-0.1, -0.05) is 32.4 Å². The van der Waals surface area contributed by atoms with E-state index in [1.165, 1.54) is 48.2 Å². The molecule has 0 aliphatic carbocycles. The van der Waals surface area contributed by atoms with E-state index in [4.69, 9.17) is 0 Å². The zero-order chi connectivity index (χ0) is 14.1. The Balaban J connectivity index is 1.88. The molecule has 2 fully saturated rings. The summed E-state index contributed by atoms with van der Waals surface area (Å²) in [4.78, 5) is 5.44. The molecule has 2 aliphatic rings. The first kappa shape index (κ1) is 14.6. The highest BCUT2D eigenvalue weighted by Crippen LogP contribution is 2.33. The van der Waals surface area contributed by atoms with Gasteiger partial charge in [0.2, 0.25) is 0 Å². The first-order chi connectivity index (χ1) is 9.66. The predicted molar refractivity (Wildman–Crippen MR) is 94.3 cm³/mol. The van der Waals surface area contributed by atoms with E-state index < -0.39 is 0 Å². The summed E-state index contributed by atoms with van der Waals surface area (Å²) in [6, 6.07) is 10.3. The highest BCUT2D eigenvalue weighted by molar-refractivity contribution is 14.1. The van der Waals surface area contributed by atoms with Gasteiger partial charge in [0.25, 0.3) is 0 Å². The largest absolute Gasteiger partial charge is 0.365 e. The van der Waals surface area contributed by atoms with Crippen LogP contribution in [0.4, 0.5) is 5.69 Å². The number of anilines is 1. The van der Waals surface area contributed by atoms with Crippen molar-refractivity contribution in [1.29, 1.82) is 0 Å². The third kappa shape index (κ3) is 2.84. The molecule has 2 aliphatic heterocycles. The molecule has 2 atom stereocenters. The van der Waals surface area contributed by atoms with E-state index in [-0.39, 0.29) is 0 Å². The van der Waals surface area contributed by atoms with Crippen LogP contribution in [0, 0.1) is 9.49 Å². The number of piperazine rings is 1. The van der Waals surface area contributed by atoms with Crippen molar-refractivity contribution in [2.75, 3.05) is 24.5 Å². The normalized spacial score (nSPS) is 27.7. The second-order valence-electron chi connectivity index (χ2n) is 6.56. The van der Waals surface area contributed by atoms with Gasteiger partial charge in [0.15, 0.2) is 0 Å². The molecule has 0 N–H and O–H groups in total. The molecule has 2 heterocycles. The first-order valence-corrected chi connectivity index (χ1v) is 9.00. The summed E-state index contributed by atoms with van der Waals surface area (Å²) in [5.41, 5.74) is 1.44. The lowest BCUT2D eigenvalue weighted by atomic mass is 9.91. The van der Waals surface area contributed by atoms with Crippen molar-refractivity contribution >= 4 is 28.3 Å². The maximum absolute atomic E-state index is 2.75. The number of rotatable bonds is 2. The van der Waals surface area contributed by atoms with Gasteiger partial charge in [-0.2, -0.15) is 0 Å². The van der Waals surface area contributed by atoms with Crippen LogP contribution in [0.5, 0.6) is 0 Å². The quantitative estimate of drug-likeness (QED) is 0.712. The van der Waals surface area contributed by atoms with Gasteiger partial charge in [-0.3, -0.25) is 4.90 Å². The van der Waals surface area contributed by atoms with Crippen molar-refractivity contribution < 1.29 is 0 Å². The summed E-state index contributed by atoms with van der Waals surface area (Å²) in [5, 5.41) is 0. The van der Waals surface area contributed by atoms with Crippen molar-refractivity contribution in [2.24, 2.45) is 5.92 Å². The molecule has 2 nitrogen and oxygen atoms in total. The minimum Gasteiger partial charge on any atom is -0.365 e. The second kappa shape index (κ2) is 6.22. The van der Waals surface area contributed by atoms with Crippen molar-refractivity contribution in [3.05, 3.63) is 27.8 Å². The molecule has 2 unspecified atom stereocenters. The Morgan fingerprint density at radius 3 is 2.70 bits per heavy atom. The number of benzene rings is 1. The minimum atomic E-state index is 0.653. The number of nitrogens with zero attached hydrogens (tertiary/aromatic N) is 2. The summed E-state index contributed by atoms with van der Waals surface area (Å²) in [5.74, 6) is 0.703. The van der Waals surface area contributed by atoms with Crippen LogP contribution in [0.3, 0.4) is 0 Å². The summed E-state index contributed by atoms with van der Waals surface area (Å²) in [7, 11) is 0. The monoisotopic (exact) mass is 384 g/mol. The fraction of sp³-hybridized carbons (Fsp3) is 0.647. The molecule has 0 amide bonds. The van der Waals surface area contributed by atoms with Gasteiger partial charge in [0, 0.05) is 28.7 Å². The smallest absolute Gasteiger partial charge is 0.0505 e. The van der Waals surface area contributed by atoms with Gasteiger partial charge in [-0.25, -0.2) is 0 Å². The highest BCUT2D eigenvalue weighted by atomic mass is 127. The Morgan fingerprint density at radius 2 is 1.95 bits per heavy atom. The van der Waals surface area contributed by atoms with Crippen LogP contribution in [0.25, 0.3) is 0 Å². The molecule has 1 aromatic rings. The van der Waals surface area contributed by atoms with E-state index in [1.807, 2.05) is 0 Å². The van der Waals surface area contributed by atoms with Crippen LogP contribution >= 0.6 is 22.6 Å². The average Bonchev–Trinajstić information content (AvgIpc) is 2.46. The lowest BCUT2D eigenvalue weighted by molar-refractivity contribution is 0.100. The molecule has 1 aromatic carbocycles. The third-order valence-electron chi connectivity index (χ3n) is 4.91. The summed E-state index contributed by atoms with van der Waals surface area (Å²) < 4.78 is 1.39. The van der Waals surface area contributed by atoms with Crippen LogP contribution in [-0.4, -0.2) is 36.6 Å². The molecule has 2 saturated heterocycles. The van der Waals surface area contributed by atoms with Crippen LogP contribution in [0.2, 0.25) is 0 Å². The lowest BCUT2D eigenvalue weighted by Crippen LogP contribution is -2.61. The molecule has 0 radical (unpaired) electrons. The maximum atomic E-state index is 2.75. The Bertz CT molecular complexity index is 460. The molecule has 20 heavy (non-hydrogen) atoms. The third-order valence-corrected chi connectivity index (χ3v) is 5.82. The zero-order valence-electron chi connectivity index (χ0n) is 12.6. The van der Waals surface area contributed by atoms with Crippen LogP contribution in [0.15, 0.2) is 24.3 Å². The first-order valence-electron chi connectivity index (χ1n) is 7.92. The highest BCUT2D eigenvalue weighted by Gasteiger charge is 2.36. The molecule has 0 bridgehead atoms. The van der Waals surface area contributed by atoms with Crippen molar-refractivity contribution in [2.45, 2.75) is 45.2 Å². The summed E-state index contributed by atoms with van der Waals surface area (Å²) in [6.45, 7) is 8.51. The average molecular weight is 384 g/mol. The Kier molecular flexibility index (Phi) is 4.55. The standard InChI is InChI=1S/C17H25IN2/c1-13(2)17-12-19-10-6-5-7-14(19)11-20(17)16-9-4-3-8-15(16)18/h3-4,8-9,13-14,17H,5-7,10-12H2,1-2H3. The van der Waals surface area contributed by atoms with Gasteiger partial charge >= 0.3 is 0 Å². The Labute approximate surface area is 136 Å². The van der Waals surface area contributed by atoms with Gasteiger partial charge in [-0.05, 0) is 60.0 Å². The molecule has 3 heteroatoms. The fourth-order valence-corrected chi connectivity index (χ4v) is 4.44. The number of fused-ring (bicyclic) bond motifs is 1. The van der Waals surface area contributed by atoms with E-state index in [1.54, 1.807) is 0 Å². The number of hydrogen-bond acceptors (Lipinski definition) is 2. The van der Waals surface area contributed by atoms with Gasteiger partial charge < -0.3 is 4.90 Å². The maximum Gasteiger partial charge on any atom is 0.0505 e. The van der Waals surface area contributed by atoms with Gasteiger partial charge in [0.1, 0.15) is 0 Å².